The van der Waals surface area contributed by atoms with Crippen LogP contribution in [-0.4, -0.2) is 22.4 Å². The number of aromatic nitrogens is 1. The maximum Gasteiger partial charge on any atom is 0.309 e. The molecule has 0 aliphatic heterocycles. The van der Waals surface area contributed by atoms with Crippen LogP contribution in [0.3, 0.4) is 0 Å². The van der Waals surface area contributed by atoms with E-state index in [9.17, 15) is 9.59 Å². The van der Waals surface area contributed by atoms with Gasteiger partial charge in [0.1, 0.15) is 0 Å². The van der Waals surface area contributed by atoms with Gasteiger partial charge in [-0.3, -0.25) is 14.2 Å². The molecule has 0 radical (unpaired) electrons. The van der Waals surface area contributed by atoms with Gasteiger partial charge in [0, 0.05) is 22.2 Å². The monoisotopic (exact) mass is 298 g/mol. The quantitative estimate of drug-likeness (QED) is 0.648. The van der Waals surface area contributed by atoms with Crippen molar-refractivity contribution in [2.45, 2.75) is 0 Å². The van der Waals surface area contributed by atoms with E-state index in [1.165, 1.54) is 0 Å². The van der Waals surface area contributed by atoms with E-state index in [0.29, 0.717) is 11.1 Å². The Hall–Kier alpha value is -3.35. The summed E-state index contributed by atoms with van der Waals surface area (Å²) in [6.07, 6.45) is 0. The van der Waals surface area contributed by atoms with E-state index < -0.39 is 11.9 Å². The number of nitrogens with zero attached hydrogens (tertiary/aromatic N) is 1. The van der Waals surface area contributed by atoms with E-state index >= 15 is 0 Å². The molecule has 3 amide bonds. The molecule has 22 heavy (non-hydrogen) atoms. The Labute approximate surface area is 125 Å². The SMILES string of the molecule is NC(=O)c1ccc(C(=O)n2c3ccc2cc3)cc1.NC(N)=O. The fourth-order valence-electron chi connectivity index (χ4n) is 2.04. The molecule has 7 nitrogen and oxygen atoms in total. The van der Waals surface area contributed by atoms with Crippen LogP contribution in [0.2, 0.25) is 0 Å². The number of carbonyl (C=O) groups excluding carboxylic acids is 3. The van der Waals surface area contributed by atoms with Gasteiger partial charge in [-0.25, -0.2) is 4.79 Å². The summed E-state index contributed by atoms with van der Waals surface area (Å²) in [6.45, 7) is 0. The highest BCUT2D eigenvalue weighted by molar-refractivity contribution is 6.03. The number of amides is 3. The Morgan fingerprint density at radius 1 is 0.682 bits per heavy atom. The standard InChI is InChI=1S/C14H10N2O2.CH4N2O/c15-13(17)9-1-3-10(4-2-9)14(18)16-11-5-6-12(16)8-7-11;2-1(3)4/h1-8H,(H2,15,17);(H4,2,3,4). The number of carbonyl (C=O) groups is 3. The van der Waals surface area contributed by atoms with E-state index in [2.05, 4.69) is 11.5 Å². The van der Waals surface area contributed by atoms with E-state index in [4.69, 9.17) is 10.5 Å². The molecular formula is C15H14N4O3. The first kappa shape index (κ1) is 15.0. The van der Waals surface area contributed by atoms with Gasteiger partial charge in [0.25, 0.3) is 5.91 Å². The molecule has 1 aromatic carbocycles. The van der Waals surface area contributed by atoms with Crippen molar-refractivity contribution in [1.29, 1.82) is 0 Å². The topological polar surface area (TPSA) is 134 Å². The number of primary amides is 3. The number of benzene rings is 2. The summed E-state index contributed by atoms with van der Waals surface area (Å²) in [5.74, 6) is -0.603. The first-order valence-electron chi connectivity index (χ1n) is 6.29. The average Bonchev–Trinajstić information content (AvgIpc) is 3.06. The number of hydrogen-bond donors (Lipinski definition) is 3. The minimum Gasteiger partial charge on any atom is -0.366 e. The molecule has 0 aliphatic rings. The van der Waals surface area contributed by atoms with Gasteiger partial charge < -0.3 is 17.2 Å². The van der Waals surface area contributed by atoms with Crippen molar-refractivity contribution < 1.29 is 14.4 Å². The summed E-state index contributed by atoms with van der Waals surface area (Å²) in [6, 6.07) is 13.1. The van der Waals surface area contributed by atoms with Crippen LogP contribution < -0.4 is 17.2 Å². The molecule has 0 fully saturated rings. The summed E-state index contributed by atoms with van der Waals surface area (Å²) in [7, 11) is 0. The maximum atomic E-state index is 12.3. The third-order valence-corrected chi connectivity index (χ3v) is 2.99. The molecule has 7 heteroatoms. The second-order valence-electron chi connectivity index (χ2n) is 4.50. The summed E-state index contributed by atoms with van der Waals surface area (Å²) in [4.78, 5) is 32.2. The van der Waals surface area contributed by atoms with E-state index in [1.807, 2.05) is 24.3 Å². The van der Waals surface area contributed by atoms with Gasteiger partial charge in [-0.05, 0) is 48.5 Å². The summed E-state index contributed by atoms with van der Waals surface area (Å²) in [5.41, 5.74) is 16.3. The van der Waals surface area contributed by atoms with Crippen molar-refractivity contribution in [2.75, 3.05) is 0 Å². The van der Waals surface area contributed by atoms with Crippen molar-refractivity contribution in [3.05, 3.63) is 59.7 Å². The van der Waals surface area contributed by atoms with E-state index in [1.54, 1.807) is 28.8 Å². The largest absolute Gasteiger partial charge is 0.366 e. The summed E-state index contributed by atoms with van der Waals surface area (Å²) >= 11 is 0. The van der Waals surface area contributed by atoms with Crippen molar-refractivity contribution in [3.63, 3.8) is 0 Å². The van der Waals surface area contributed by atoms with Gasteiger partial charge in [0.2, 0.25) is 5.91 Å². The van der Waals surface area contributed by atoms with Crippen LogP contribution in [0, 0.1) is 0 Å². The molecule has 2 heterocycles. The lowest BCUT2D eigenvalue weighted by molar-refractivity contribution is 0.0965. The Morgan fingerprint density at radius 2 is 1.05 bits per heavy atom. The highest BCUT2D eigenvalue weighted by atomic mass is 16.2. The Kier molecular flexibility index (Phi) is 4.08. The zero-order valence-corrected chi connectivity index (χ0v) is 11.5. The van der Waals surface area contributed by atoms with Crippen LogP contribution >= 0.6 is 0 Å². The Bertz CT molecular complexity index is 769. The van der Waals surface area contributed by atoms with Crippen molar-refractivity contribution in [1.82, 2.24) is 4.57 Å². The predicted molar refractivity (Wildman–Crippen MR) is 81.6 cm³/mol. The molecular weight excluding hydrogens is 284 g/mol. The fourth-order valence-corrected chi connectivity index (χ4v) is 2.04. The van der Waals surface area contributed by atoms with Crippen LogP contribution in [0.25, 0.3) is 11.0 Å². The van der Waals surface area contributed by atoms with Gasteiger partial charge in [-0.1, -0.05) is 0 Å². The smallest absolute Gasteiger partial charge is 0.309 e. The molecule has 2 bridgehead atoms. The molecule has 112 valence electrons. The lowest BCUT2D eigenvalue weighted by atomic mass is 10.1. The number of rotatable bonds is 2. The van der Waals surface area contributed by atoms with Gasteiger partial charge in [0.05, 0.1) is 0 Å². The number of urea groups is 1. The summed E-state index contributed by atoms with van der Waals surface area (Å²) in [5, 5.41) is 0. The molecule has 0 aliphatic carbocycles. The third-order valence-electron chi connectivity index (χ3n) is 2.99. The molecule has 6 N–H and O–H groups in total. The van der Waals surface area contributed by atoms with Crippen LogP contribution in [0.1, 0.15) is 20.7 Å². The Balaban J connectivity index is 0.000000396. The fraction of sp³-hybridized carbons (Fsp3) is 0. The number of nitrogens with two attached hydrogens (primary N) is 3. The van der Waals surface area contributed by atoms with Gasteiger partial charge in [-0.15, -0.1) is 0 Å². The second-order valence-corrected chi connectivity index (χ2v) is 4.50. The molecule has 0 atom stereocenters. The highest BCUT2D eigenvalue weighted by Gasteiger charge is 2.14. The molecule has 3 rings (SSSR count). The maximum absolute atomic E-state index is 12.3. The predicted octanol–water partition coefficient (Wildman–Crippen LogP) is 0.890. The lowest BCUT2D eigenvalue weighted by Crippen LogP contribution is -2.18. The summed E-state index contributed by atoms with van der Waals surface area (Å²) < 4.78 is 1.64. The zero-order valence-electron chi connectivity index (χ0n) is 11.5. The number of hydrogen-bond acceptors (Lipinski definition) is 3. The normalized spacial score (nSPS) is 10.0. The van der Waals surface area contributed by atoms with Crippen LogP contribution in [0.15, 0.2) is 48.5 Å². The number of fused-ring (bicyclic) bond motifs is 2. The molecule has 0 saturated heterocycles. The molecule has 0 saturated carbocycles. The second kappa shape index (κ2) is 5.96. The van der Waals surface area contributed by atoms with E-state index in [0.717, 1.165) is 11.0 Å². The average molecular weight is 298 g/mol. The first-order valence-corrected chi connectivity index (χ1v) is 6.29. The minimum atomic E-state index is -0.833. The van der Waals surface area contributed by atoms with Crippen molar-refractivity contribution in [2.24, 2.45) is 17.2 Å². The highest BCUT2D eigenvalue weighted by Crippen LogP contribution is 2.19. The van der Waals surface area contributed by atoms with Crippen molar-refractivity contribution >= 4 is 28.9 Å². The van der Waals surface area contributed by atoms with Crippen LogP contribution in [-0.2, 0) is 0 Å². The lowest BCUT2D eigenvalue weighted by Gasteiger charge is -2.03. The van der Waals surface area contributed by atoms with Gasteiger partial charge in [0.15, 0.2) is 0 Å². The Morgan fingerprint density at radius 3 is 1.41 bits per heavy atom. The molecule has 0 unspecified atom stereocenters. The molecule has 0 spiro atoms. The molecule has 3 aromatic rings. The zero-order chi connectivity index (χ0) is 16.3. The van der Waals surface area contributed by atoms with Crippen LogP contribution in [0.5, 0.6) is 0 Å². The first-order chi connectivity index (χ1) is 10.4. The minimum absolute atomic E-state index is 0.106. The van der Waals surface area contributed by atoms with Gasteiger partial charge >= 0.3 is 6.03 Å². The van der Waals surface area contributed by atoms with Crippen LogP contribution in [0.4, 0.5) is 4.79 Å². The van der Waals surface area contributed by atoms with Gasteiger partial charge in [-0.2, -0.15) is 0 Å². The van der Waals surface area contributed by atoms with Crippen molar-refractivity contribution in [3.8, 4) is 0 Å². The van der Waals surface area contributed by atoms with E-state index in [-0.39, 0.29) is 5.91 Å². The third kappa shape index (κ3) is 3.04. The molecule has 2 aromatic heterocycles.